The van der Waals surface area contributed by atoms with Crippen LogP contribution in [0.2, 0.25) is 0 Å². The second-order valence-corrected chi connectivity index (χ2v) is 7.62. The Morgan fingerprint density at radius 1 is 1.07 bits per heavy atom. The van der Waals surface area contributed by atoms with Gasteiger partial charge in [0.2, 0.25) is 5.91 Å². The number of carbonyl (C=O) groups is 1. The van der Waals surface area contributed by atoms with E-state index in [1.807, 2.05) is 18.2 Å². The van der Waals surface area contributed by atoms with Crippen LogP contribution < -0.4 is 14.8 Å². The molecule has 4 rings (SSSR count). The number of aryl methyl sites for hydroxylation is 2. The van der Waals surface area contributed by atoms with Crippen LogP contribution in [0.1, 0.15) is 48.4 Å². The van der Waals surface area contributed by atoms with Crippen LogP contribution in [0.4, 0.5) is 0 Å². The van der Waals surface area contributed by atoms with Gasteiger partial charge in [-0.3, -0.25) is 4.79 Å². The predicted molar refractivity (Wildman–Crippen MR) is 105 cm³/mol. The lowest BCUT2D eigenvalue weighted by Gasteiger charge is -2.19. The highest BCUT2D eigenvalue weighted by Crippen LogP contribution is 2.41. The SMILES string of the molecule is Cc1ccc(C(NC(=O)CCc2ccc3c(c2)OCCCO3)C2CC2)cc1. The van der Waals surface area contributed by atoms with Gasteiger partial charge in [0.25, 0.3) is 0 Å². The third-order valence-electron chi connectivity index (χ3n) is 5.30. The maximum Gasteiger partial charge on any atom is 0.220 e. The molecule has 1 unspecified atom stereocenters. The fraction of sp³-hybridized carbons (Fsp3) is 0.435. The zero-order chi connectivity index (χ0) is 18.6. The monoisotopic (exact) mass is 365 g/mol. The normalized spacial score (nSPS) is 17.1. The predicted octanol–water partition coefficient (Wildman–Crippen LogP) is 4.36. The highest BCUT2D eigenvalue weighted by Gasteiger charge is 2.33. The highest BCUT2D eigenvalue weighted by atomic mass is 16.5. The van der Waals surface area contributed by atoms with Gasteiger partial charge in [-0.1, -0.05) is 35.9 Å². The molecule has 2 aromatic rings. The molecule has 1 amide bonds. The molecular weight excluding hydrogens is 338 g/mol. The summed E-state index contributed by atoms with van der Waals surface area (Å²) < 4.78 is 11.4. The highest BCUT2D eigenvalue weighted by molar-refractivity contribution is 5.76. The summed E-state index contributed by atoms with van der Waals surface area (Å²) >= 11 is 0. The Morgan fingerprint density at radius 3 is 2.56 bits per heavy atom. The summed E-state index contributed by atoms with van der Waals surface area (Å²) in [6.07, 6.45) is 4.47. The Kier molecular flexibility index (Phi) is 5.33. The van der Waals surface area contributed by atoms with Crippen molar-refractivity contribution in [2.45, 2.75) is 45.1 Å². The molecule has 1 aliphatic heterocycles. The van der Waals surface area contributed by atoms with E-state index in [2.05, 4.69) is 36.5 Å². The summed E-state index contributed by atoms with van der Waals surface area (Å²) in [4.78, 5) is 12.6. The summed E-state index contributed by atoms with van der Waals surface area (Å²) in [5.41, 5.74) is 3.56. The summed E-state index contributed by atoms with van der Waals surface area (Å²) in [5.74, 6) is 2.28. The van der Waals surface area contributed by atoms with Crippen LogP contribution in [0.15, 0.2) is 42.5 Å². The molecule has 0 spiro atoms. The molecular formula is C23H27NO3. The van der Waals surface area contributed by atoms with E-state index in [0.717, 1.165) is 23.5 Å². The minimum absolute atomic E-state index is 0.111. The summed E-state index contributed by atoms with van der Waals surface area (Å²) in [6.45, 7) is 3.46. The van der Waals surface area contributed by atoms with E-state index in [9.17, 15) is 4.79 Å². The number of benzene rings is 2. The van der Waals surface area contributed by atoms with E-state index in [1.54, 1.807) is 0 Å². The first-order chi connectivity index (χ1) is 13.2. The van der Waals surface area contributed by atoms with Gasteiger partial charge < -0.3 is 14.8 Å². The molecule has 1 saturated carbocycles. The number of carbonyl (C=O) groups excluding carboxylic acids is 1. The first-order valence-corrected chi connectivity index (χ1v) is 9.93. The Hall–Kier alpha value is -2.49. The lowest BCUT2D eigenvalue weighted by atomic mass is 10.0. The van der Waals surface area contributed by atoms with Crippen molar-refractivity contribution < 1.29 is 14.3 Å². The topological polar surface area (TPSA) is 47.6 Å². The minimum Gasteiger partial charge on any atom is -0.490 e. The molecule has 0 bridgehead atoms. The van der Waals surface area contributed by atoms with Gasteiger partial charge in [-0.25, -0.2) is 0 Å². The molecule has 142 valence electrons. The van der Waals surface area contributed by atoms with Gasteiger partial charge in [0.1, 0.15) is 0 Å². The van der Waals surface area contributed by atoms with Gasteiger partial charge >= 0.3 is 0 Å². The zero-order valence-corrected chi connectivity index (χ0v) is 15.9. The third-order valence-corrected chi connectivity index (χ3v) is 5.30. The molecule has 0 saturated heterocycles. The van der Waals surface area contributed by atoms with Crippen molar-refractivity contribution in [1.29, 1.82) is 0 Å². The quantitative estimate of drug-likeness (QED) is 0.827. The molecule has 1 atom stereocenters. The van der Waals surface area contributed by atoms with Crippen molar-refractivity contribution in [3.63, 3.8) is 0 Å². The van der Waals surface area contributed by atoms with E-state index in [-0.39, 0.29) is 11.9 Å². The fourth-order valence-electron chi connectivity index (χ4n) is 3.54. The first kappa shape index (κ1) is 17.9. The lowest BCUT2D eigenvalue weighted by molar-refractivity contribution is -0.122. The second-order valence-electron chi connectivity index (χ2n) is 7.62. The maximum atomic E-state index is 12.6. The van der Waals surface area contributed by atoms with Gasteiger partial charge in [0, 0.05) is 12.8 Å². The molecule has 1 heterocycles. The van der Waals surface area contributed by atoms with Crippen molar-refractivity contribution in [1.82, 2.24) is 5.32 Å². The van der Waals surface area contributed by atoms with Crippen molar-refractivity contribution >= 4 is 5.91 Å². The van der Waals surface area contributed by atoms with Crippen molar-refractivity contribution in [2.24, 2.45) is 5.92 Å². The number of fused-ring (bicyclic) bond motifs is 1. The molecule has 0 radical (unpaired) electrons. The molecule has 2 aliphatic rings. The van der Waals surface area contributed by atoms with E-state index in [1.165, 1.54) is 24.0 Å². The second kappa shape index (κ2) is 8.03. The van der Waals surface area contributed by atoms with Crippen LogP contribution in [0.3, 0.4) is 0 Å². The van der Waals surface area contributed by atoms with Gasteiger partial charge in [0.05, 0.1) is 19.3 Å². The number of ether oxygens (including phenoxy) is 2. The molecule has 27 heavy (non-hydrogen) atoms. The standard InChI is InChI=1S/C23H27NO3/c1-16-3-7-18(8-4-16)23(19-9-10-19)24-22(25)12-6-17-5-11-20-21(15-17)27-14-2-13-26-20/h3-5,7-8,11,15,19,23H,2,6,9-10,12-14H2,1H3,(H,24,25). The van der Waals surface area contributed by atoms with E-state index in [0.29, 0.717) is 32.0 Å². The van der Waals surface area contributed by atoms with E-state index in [4.69, 9.17) is 9.47 Å². The van der Waals surface area contributed by atoms with Crippen LogP contribution in [0, 0.1) is 12.8 Å². The molecule has 1 aliphatic carbocycles. The third kappa shape index (κ3) is 4.62. The van der Waals surface area contributed by atoms with Crippen LogP contribution in [-0.2, 0) is 11.2 Å². The molecule has 1 N–H and O–H groups in total. The van der Waals surface area contributed by atoms with Gasteiger partial charge in [-0.2, -0.15) is 0 Å². The van der Waals surface area contributed by atoms with Crippen LogP contribution >= 0.6 is 0 Å². The van der Waals surface area contributed by atoms with Gasteiger partial charge in [-0.05, 0) is 55.4 Å². The van der Waals surface area contributed by atoms with Crippen LogP contribution in [0.5, 0.6) is 11.5 Å². The molecule has 4 heteroatoms. The molecule has 4 nitrogen and oxygen atoms in total. The summed E-state index contributed by atoms with van der Waals surface area (Å²) in [7, 11) is 0. The molecule has 2 aromatic carbocycles. The van der Waals surface area contributed by atoms with Gasteiger partial charge in [-0.15, -0.1) is 0 Å². The first-order valence-electron chi connectivity index (χ1n) is 9.93. The van der Waals surface area contributed by atoms with Crippen molar-refractivity contribution in [3.8, 4) is 11.5 Å². The van der Waals surface area contributed by atoms with E-state index < -0.39 is 0 Å². The Bertz CT molecular complexity index is 796. The maximum absolute atomic E-state index is 12.6. The largest absolute Gasteiger partial charge is 0.490 e. The number of amides is 1. The van der Waals surface area contributed by atoms with E-state index >= 15 is 0 Å². The Labute approximate surface area is 160 Å². The summed E-state index contributed by atoms with van der Waals surface area (Å²) in [5, 5.41) is 3.26. The zero-order valence-electron chi connectivity index (χ0n) is 15.9. The minimum atomic E-state index is 0.111. The molecule has 0 aromatic heterocycles. The fourth-order valence-corrected chi connectivity index (χ4v) is 3.54. The summed E-state index contributed by atoms with van der Waals surface area (Å²) in [6, 6.07) is 14.6. The number of hydrogen-bond donors (Lipinski definition) is 1. The average molecular weight is 365 g/mol. The van der Waals surface area contributed by atoms with Crippen molar-refractivity contribution in [3.05, 3.63) is 59.2 Å². The number of hydrogen-bond acceptors (Lipinski definition) is 3. The number of nitrogens with one attached hydrogen (secondary N) is 1. The van der Waals surface area contributed by atoms with Crippen LogP contribution in [0.25, 0.3) is 0 Å². The van der Waals surface area contributed by atoms with Crippen molar-refractivity contribution in [2.75, 3.05) is 13.2 Å². The molecule has 1 fully saturated rings. The Balaban J connectivity index is 1.36. The Morgan fingerprint density at radius 2 is 1.81 bits per heavy atom. The number of rotatable bonds is 6. The van der Waals surface area contributed by atoms with Crippen LogP contribution in [-0.4, -0.2) is 19.1 Å². The van der Waals surface area contributed by atoms with Gasteiger partial charge in [0.15, 0.2) is 11.5 Å². The lowest BCUT2D eigenvalue weighted by Crippen LogP contribution is -2.30. The smallest absolute Gasteiger partial charge is 0.220 e. The average Bonchev–Trinajstić information content (AvgIpc) is 3.52.